The maximum atomic E-state index is 13.3. The zero-order chi connectivity index (χ0) is 29.4. The van der Waals surface area contributed by atoms with E-state index < -0.39 is 59.7 Å². The van der Waals surface area contributed by atoms with Crippen molar-refractivity contribution >= 4 is 35.5 Å². The van der Waals surface area contributed by atoms with Gasteiger partial charge in [-0.2, -0.15) is 0 Å². The predicted molar refractivity (Wildman–Crippen MR) is 141 cm³/mol. The van der Waals surface area contributed by atoms with E-state index in [0.29, 0.717) is 24.9 Å². The molecule has 4 unspecified atom stereocenters. The number of carbonyl (C=O) groups is 6. The minimum atomic E-state index is -1.41. The Kier molecular flexibility index (Phi) is 14.8. The number of benzene rings is 1. The Hall–Kier alpha value is -4.04. The van der Waals surface area contributed by atoms with Gasteiger partial charge in [-0.15, -0.1) is 0 Å². The molecule has 1 aromatic carbocycles. The van der Waals surface area contributed by atoms with Crippen LogP contribution < -0.4 is 38.9 Å². The molecular formula is C25H39N7O7. The van der Waals surface area contributed by atoms with Crippen molar-refractivity contribution in [3.63, 3.8) is 0 Å². The number of rotatable bonds is 19. The number of nitrogens with one attached hydrogen (secondary N) is 3. The van der Waals surface area contributed by atoms with Crippen molar-refractivity contribution < 1.29 is 33.9 Å². The lowest BCUT2D eigenvalue weighted by Crippen LogP contribution is -2.57. The van der Waals surface area contributed by atoms with Crippen LogP contribution in [0, 0.1) is 0 Å². The van der Waals surface area contributed by atoms with Crippen LogP contribution in [0.25, 0.3) is 0 Å². The van der Waals surface area contributed by atoms with Crippen LogP contribution >= 0.6 is 0 Å². The molecule has 0 aliphatic heterocycles. The van der Waals surface area contributed by atoms with Gasteiger partial charge in [-0.05, 0) is 44.2 Å². The second kappa shape index (κ2) is 17.5. The Balaban J connectivity index is 3.10. The number of primary amides is 2. The highest BCUT2D eigenvalue weighted by molar-refractivity contribution is 5.94. The Morgan fingerprint density at radius 2 is 1.26 bits per heavy atom. The van der Waals surface area contributed by atoms with E-state index in [1.54, 1.807) is 30.3 Å². The first-order valence-corrected chi connectivity index (χ1v) is 12.6. The number of carboxylic acids is 1. The van der Waals surface area contributed by atoms with Gasteiger partial charge in [0.15, 0.2) is 0 Å². The fourth-order valence-electron chi connectivity index (χ4n) is 3.62. The first-order valence-electron chi connectivity index (χ1n) is 12.6. The average molecular weight is 550 g/mol. The van der Waals surface area contributed by atoms with Crippen molar-refractivity contribution in [2.75, 3.05) is 6.54 Å². The van der Waals surface area contributed by atoms with E-state index in [2.05, 4.69) is 16.0 Å². The van der Waals surface area contributed by atoms with Crippen LogP contribution in [0.1, 0.15) is 50.5 Å². The van der Waals surface area contributed by atoms with E-state index in [1.165, 1.54) is 0 Å². The number of unbranched alkanes of at least 4 members (excludes halogenated alkanes) is 1. The summed E-state index contributed by atoms with van der Waals surface area (Å²) >= 11 is 0. The van der Waals surface area contributed by atoms with Crippen LogP contribution in [0.4, 0.5) is 0 Å². The van der Waals surface area contributed by atoms with Gasteiger partial charge in [-0.3, -0.25) is 24.0 Å². The van der Waals surface area contributed by atoms with Gasteiger partial charge in [0.05, 0.1) is 6.04 Å². The molecule has 39 heavy (non-hydrogen) atoms. The molecule has 0 heterocycles. The predicted octanol–water partition coefficient (Wildman–Crippen LogP) is -2.24. The number of carboxylic acid groups (broad SMARTS) is 1. The van der Waals surface area contributed by atoms with Crippen molar-refractivity contribution in [2.24, 2.45) is 22.9 Å². The highest BCUT2D eigenvalue weighted by atomic mass is 16.4. The molecule has 0 saturated heterocycles. The standard InChI is InChI=1S/C25H39N7O7/c26-13-5-4-8-17(30-22(35)16(27)9-11-20(28)33)23(36)32-19(14-15-6-2-1-3-7-15)24(37)31-18(25(38)39)10-12-21(29)34/h1-3,6-7,16-19H,4-5,8-14,26-27H2,(H2,28,33)(H2,29,34)(H,30,35)(H,31,37)(H,32,36)(H,38,39). The molecule has 14 heteroatoms. The quantitative estimate of drug-likeness (QED) is 0.0865. The third-order valence-corrected chi connectivity index (χ3v) is 5.83. The van der Waals surface area contributed by atoms with Crippen molar-refractivity contribution in [3.05, 3.63) is 35.9 Å². The molecule has 1 aromatic rings. The van der Waals surface area contributed by atoms with Gasteiger partial charge in [-0.25, -0.2) is 4.79 Å². The Morgan fingerprint density at radius 3 is 1.82 bits per heavy atom. The smallest absolute Gasteiger partial charge is 0.326 e. The zero-order valence-electron chi connectivity index (χ0n) is 21.8. The molecule has 0 saturated carbocycles. The van der Waals surface area contributed by atoms with Crippen LogP contribution in [-0.2, 0) is 35.2 Å². The van der Waals surface area contributed by atoms with Crippen LogP contribution in [0.3, 0.4) is 0 Å². The summed E-state index contributed by atoms with van der Waals surface area (Å²) in [4.78, 5) is 72.8. The van der Waals surface area contributed by atoms with E-state index in [1.807, 2.05) is 0 Å². The maximum absolute atomic E-state index is 13.3. The van der Waals surface area contributed by atoms with Crippen LogP contribution in [0.5, 0.6) is 0 Å². The summed E-state index contributed by atoms with van der Waals surface area (Å²) in [5, 5.41) is 17.0. The van der Waals surface area contributed by atoms with Gasteiger partial charge >= 0.3 is 5.97 Å². The van der Waals surface area contributed by atoms with E-state index in [4.69, 9.17) is 22.9 Å². The molecule has 0 aromatic heterocycles. The van der Waals surface area contributed by atoms with Gasteiger partial charge in [0.25, 0.3) is 0 Å². The van der Waals surface area contributed by atoms with Crippen molar-refractivity contribution in [1.29, 1.82) is 0 Å². The molecule has 12 N–H and O–H groups in total. The largest absolute Gasteiger partial charge is 0.480 e. The molecule has 0 spiro atoms. The number of hydrogen-bond acceptors (Lipinski definition) is 8. The molecule has 0 aliphatic carbocycles. The topological polar surface area (TPSA) is 263 Å². The zero-order valence-corrected chi connectivity index (χ0v) is 21.8. The first kappa shape index (κ1) is 33.0. The third-order valence-electron chi connectivity index (χ3n) is 5.83. The summed E-state index contributed by atoms with van der Waals surface area (Å²) in [5.41, 5.74) is 22.3. The first-order chi connectivity index (χ1) is 18.4. The molecule has 0 radical (unpaired) electrons. The van der Waals surface area contributed by atoms with Crippen molar-refractivity contribution in [3.8, 4) is 0 Å². The normalized spacial score (nSPS) is 13.8. The monoisotopic (exact) mass is 549 g/mol. The number of nitrogens with two attached hydrogens (primary N) is 4. The summed E-state index contributed by atoms with van der Waals surface area (Å²) < 4.78 is 0. The molecule has 5 amide bonds. The minimum absolute atomic E-state index is 0.0147. The lowest BCUT2D eigenvalue weighted by Gasteiger charge is -2.25. The van der Waals surface area contributed by atoms with Gasteiger partial charge in [0.2, 0.25) is 29.5 Å². The minimum Gasteiger partial charge on any atom is -0.480 e. The Morgan fingerprint density at radius 1 is 0.718 bits per heavy atom. The fourth-order valence-corrected chi connectivity index (χ4v) is 3.62. The average Bonchev–Trinajstić information content (AvgIpc) is 2.88. The van der Waals surface area contributed by atoms with Gasteiger partial charge in [0, 0.05) is 19.3 Å². The molecule has 14 nitrogen and oxygen atoms in total. The molecule has 4 atom stereocenters. The molecule has 0 fully saturated rings. The lowest BCUT2D eigenvalue weighted by atomic mass is 10.0. The summed E-state index contributed by atoms with van der Waals surface area (Å²) in [7, 11) is 0. The molecule has 1 rings (SSSR count). The van der Waals surface area contributed by atoms with E-state index in [-0.39, 0.29) is 38.5 Å². The number of amides is 5. The molecule has 0 bridgehead atoms. The second-order valence-electron chi connectivity index (χ2n) is 9.11. The van der Waals surface area contributed by atoms with E-state index in [9.17, 15) is 33.9 Å². The van der Waals surface area contributed by atoms with Crippen LogP contribution in [0.2, 0.25) is 0 Å². The number of hydrogen-bond donors (Lipinski definition) is 8. The highest BCUT2D eigenvalue weighted by Gasteiger charge is 2.30. The fraction of sp³-hybridized carbons (Fsp3) is 0.520. The van der Waals surface area contributed by atoms with E-state index >= 15 is 0 Å². The Bertz CT molecular complexity index is 990. The summed E-state index contributed by atoms with van der Waals surface area (Å²) in [6, 6.07) is 3.90. The van der Waals surface area contributed by atoms with Gasteiger partial charge in [0.1, 0.15) is 18.1 Å². The van der Waals surface area contributed by atoms with Crippen LogP contribution in [0.15, 0.2) is 30.3 Å². The summed E-state index contributed by atoms with van der Waals surface area (Å²) in [6.07, 6.45) is 0.630. The van der Waals surface area contributed by atoms with Crippen molar-refractivity contribution in [2.45, 2.75) is 75.5 Å². The van der Waals surface area contributed by atoms with Gasteiger partial charge < -0.3 is 44.0 Å². The highest BCUT2D eigenvalue weighted by Crippen LogP contribution is 2.08. The number of carbonyl (C=O) groups excluding carboxylic acids is 5. The third kappa shape index (κ3) is 13.4. The van der Waals surface area contributed by atoms with E-state index in [0.717, 1.165) is 0 Å². The van der Waals surface area contributed by atoms with Crippen molar-refractivity contribution in [1.82, 2.24) is 16.0 Å². The maximum Gasteiger partial charge on any atom is 0.326 e. The van der Waals surface area contributed by atoms with Crippen LogP contribution in [-0.4, -0.2) is 71.3 Å². The lowest BCUT2D eigenvalue weighted by molar-refractivity contribution is -0.142. The number of aliphatic carboxylic acids is 1. The SMILES string of the molecule is NCCCCC(NC(=O)C(N)CCC(N)=O)C(=O)NC(Cc1ccccc1)C(=O)NC(CCC(N)=O)C(=O)O. The molecule has 0 aliphatic rings. The summed E-state index contributed by atoms with van der Waals surface area (Å²) in [6.45, 7) is 0.362. The van der Waals surface area contributed by atoms with Gasteiger partial charge in [-0.1, -0.05) is 30.3 Å². The Labute approximate surface area is 226 Å². The second-order valence-corrected chi connectivity index (χ2v) is 9.11. The molecular weight excluding hydrogens is 510 g/mol. The summed E-state index contributed by atoms with van der Waals surface area (Å²) in [5.74, 6) is -4.89. The molecule has 216 valence electrons.